The summed E-state index contributed by atoms with van der Waals surface area (Å²) in [4.78, 5) is 78.4. The van der Waals surface area contributed by atoms with E-state index in [1.165, 1.54) is 0 Å². The fourth-order valence-electron chi connectivity index (χ4n) is 8.41. The third-order valence-corrected chi connectivity index (χ3v) is 12.3. The van der Waals surface area contributed by atoms with E-state index in [0.717, 1.165) is 37.8 Å². The second-order valence-electron chi connectivity index (χ2n) is 17.5. The molecule has 2 atom stereocenters. The molecule has 0 unspecified atom stereocenters. The summed E-state index contributed by atoms with van der Waals surface area (Å²) in [6.45, 7) is 8.96. The Balaban J connectivity index is 0.000000197. The Morgan fingerprint density at radius 2 is 1.00 bits per heavy atom. The first-order valence-corrected chi connectivity index (χ1v) is 23.6. The van der Waals surface area contributed by atoms with Gasteiger partial charge in [-0.1, -0.05) is 17.7 Å². The highest BCUT2D eigenvalue weighted by molar-refractivity contribution is 5.98. The third kappa shape index (κ3) is 12.9. The summed E-state index contributed by atoms with van der Waals surface area (Å²) in [5, 5.41) is 25.5. The lowest BCUT2D eigenvalue weighted by Crippen LogP contribution is -2.48. The number of morpholine rings is 2. The van der Waals surface area contributed by atoms with Crippen LogP contribution in [0.5, 0.6) is 0 Å². The van der Waals surface area contributed by atoms with Crippen LogP contribution in [0.25, 0.3) is 0 Å². The molecule has 0 radical (unpaired) electrons. The SMILES string of the molecule is Cc1ccc(C(=O)N[C@@H]2CCCN(c3nnc(C(N)=O)c(Nc4ccc(C(=O)N5CCOCC5)cc4)n3)C2)cc1.NC(=O)c1nnc(N2CCC[C@@H](N)C2)nc1Nc1ccc(C(=O)N2CCOCC2)cc1. The number of hydrogen-bond acceptors (Lipinski definition) is 18. The van der Waals surface area contributed by atoms with Gasteiger partial charge in [0.25, 0.3) is 29.5 Å². The van der Waals surface area contributed by atoms with Gasteiger partial charge in [-0.15, -0.1) is 20.4 Å². The van der Waals surface area contributed by atoms with Crippen LogP contribution in [0.1, 0.15) is 83.3 Å². The quantitative estimate of drug-likeness (QED) is 0.104. The third-order valence-electron chi connectivity index (χ3n) is 12.3. The summed E-state index contributed by atoms with van der Waals surface area (Å²) in [6, 6.07) is 21.2. The van der Waals surface area contributed by atoms with E-state index in [-0.39, 0.29) is 52.8 Å². The fourth-order valence-corrected chi connectivity index (χ4v) is 8.41. The molecule has 9 rings (SSSR count). The van der Waals surface area contributed by atoms with E-state index in [9.17, 15) is 24.0 Å². The highest BCUT2D eigenvalue weighted by Gasteiger charge is 2.27. The van der Waals surface area contributed by atoms with Gasteiger partial charge in [0.05, 0.1) is 26.4 Å². The van der Waals surface area contributed by atoms with Crippen LogP contribution in [-0.4, -0.2) is 161 Å². The largest absolute Gasteiger partial charge is 0.378 e. The van der Waals surface area contributed by atoms with Crippen LogP contribution in [-0.2, 0) is 9.47 Å². The summed E-state index contributed by atoms with van der Waals surface area (Å²) in [5.41, 5.74) is 21.0. The number of piperidine rings is 2. The molecule has 0 spiro atoms. The number of nitrogens with one attached hydrogen (secondary N) is 3. The van der Waals surface area contributed by atoms with Crippen LogP contribution in [0.3, 0.4) is 0 Å². The van der Waals surface area contributed by atoms with Crippen molar-refractivity contribution in [1.82, 2.24) is 45.5 Å². The molecule has 4 aliphatic rings. The van der Waals surface area contributed by atoms with Crippen LogP contribution >= 0.6 is 0 Å². The van der Waals surface area contributed by atoms with E-state index in [4.69, 9.17) is 26.7 Å². The molecule has 6 heterocycles. The molecular weight excluding hydrogens is 913 g/mol. The molecular formula is C48H58N16O7. The van der Waals surface area contributed by atoms with E-state index in [0.29, 0.717) is 112 Å². The number of ether oxygens (including phenoxy) is 2. The minimum atomic E-state index is -0.768. The van der Waals surface area contributed by atoms with Gasteiger partial charge in [0.15, 0.2) is 23.0 Å². The van der Waals surface area contributed by atoms with E-state index in [1.54, 1.807) is 58.3 Å². The Morgan fingerprint density at radius 3 is 1.45 bits per heavy atom. The normalized spacial score (nSPS) is 18.1. The van der Waals surface area contributed by atoms with E-state index >= 15 is 0 Å². The van der Waals surface area contributed by atoms with Gasteiger partial charge in [-0.2, -0.15) is 9.97 Å². The van der Waals surface area contributed by atoms with Gasteiger partial charge in [-0.3, -0.25) is 24.0 Å². The number of primary amides is 2. The number of hydrogen-bond donors (Lipinski definition) is 6. The number of nitrogens with two attached hydrogens (primary N) is 3. The van der Waals surface area contributed by atoms with E-state index in [2.05, 4.69) is 46.3 Å². The summed E-state index contributed by atoms with van der Waals surface area (Å²) in [7, 11) is 0. The van der Waals surface area contributed by atoms with Crippen molar-refractivity contribution in [3.8, 4) is 0 Å². The Bertz CT molecular complexity index is 2680. The maximum absolute atomic E-state index is 12.7. The number of benzene rings is 3. The first-order chi connectivity index (χ1) is 34.4. The van der Waals surface area contributed by atoms with Gasteiger partial charge in [0.2, 0.25) is 11.9 Å². The van der Waals surface area contributed by atoms with Crippen LogP contribution in [0.2, 0.25) is 0 Å². The zero-order valence-electron chi connectivity index (χ0n) is 39.5. The smallest absolute Gasteiger partial charge is 0.273 e. The minimum absolute atomic E-state index is 0.0416. The molecule has 71 heavy (non-hydrogen) atoms. The van der Waals surface area contributed by atoms with Crippen LogP contribution in [0.15, 0.2) is 72.8 Å². The Morgan fingerprint density at radius 1 is 0.563 bits per heavy atom. The monoisotopic (exact) mass is 970 g/mol. The lowest BCUT2D eigenvalue weighted by atomic mass is 10.1. The minimum Gasteiger partial charge on any atom is -0.378 e. The van der Waals surface area contributed by atoms with E-state index < -0.39 is 11.8 Å². The molecule has 0 saturated carbocycles. The maximum atomic E-state index is 12.7. The van der Waals surface area contributed by atoms with Gasteiger partial charge in [0.1, 0.15) is 0 Å². The van der Waals surface area contributed by atoms with Crippen molar-refractivity contribution in [2.75, 3.05) is 99.2 Å². The molecule has 23 nitrogen and oxygen atoms in total. The summed E-state index contributed by atoms with van der Waals surface area (Å²) in [5.74, 6) is -0.651. The van der Waals surface area contributed by atoms with Gasteiger partial charge in [0, 0.05) is 92.5 Å². The Hall–Kier alpha value is -7.89. The molecule has 4 fully saturated rings. The average molecular weight is 971 g/mol. The number of anilines is 6. The van der Waals surface area contributed by atoms with Gasteiger partial charge in [-0.25, -0.2) is 0 Å². The van der Waals surface area contributed by atoms with Crippen molar-refractivity contribution < 1.29 is 33.4 Å². The summed E-state index contributed by atoms with van der Waals surface area (Å²) >= 11 is 0. The number of amides is 5. The topological polar surface area (TPSA) is 308 Å². The number of carbonyl (C=O) groups excluding carboxylic acids is 5. The standard InChI is InChI=1S/C28H32N8O4.C20H26N8O3/c1-18-4-6-19(7-5-18)26(38)31-22-3-2-12-36(17-22)28-32-25(23(24(29)37)33-34-28)30-21-10-8-20(9-11-21)27(39)35-13-15-40-16-14-35;21-14-2-1-7-28(12-14)20-24-18(16(17(22)29)25-26-20)23-15-5-3-13(4-6-15)19(30)27-8-10-31-11-9-27/h4-11,22H,2-3,12-17H2,1H3,(H2,29,37)(H,31,38)(H,30,32,34);3-6,14H,1-2,7-12,21H2,(H2,22,29)(H,23,24,26)/t22-;14-/m11/s1. The summed E-state index contributed by atoms with van der Waals surface area (Å²) in [6.07, 6.45) is 3.52. The lowest BCUT2D eigenvalue weighted by molar-refractivity contribution is 0.0301. The van der Waals surface area contributed by atoms with Crippen molar-refractivity contribution in [3.63, 3.8) is 0 Å². The molecule has 4 aliphatic heterocycles. The molecule has 372 valence electrons. The molecule has 3 aromatic carbocycles. The fraction of sp³-hybridized carbons (Fsp3) is 0.396. The first-order valence-electron chi connectivity index (χ1n) is 23.6. The van der Waals surface area contributed by atoms with Gasteiger partial charge in [-0.05, 0) is 93.3 Å². The van der Waals surface area contributed by atoms with E-state index in [1.807, 2.05) is 41.0 Å². The second kappa shape index (κ2) is 23.1. The zero-order chi connectivity index (χ0) is 49.9. The number of nitrogens with zero attached hydrogens (tertiary/aromatic N) is 10. The molecule has 0 bridgehead atoms. The molecule has 9 N–H and O–H groups in total. The van der Waals surface area contributed by atoms with Gasteiger partial charge < -0.3 is 62.2 Å². The van der Waals surface area contributed by atoms with Crippen molar-refractivity contribution in [2.45, 2.75) is 44.7 Å². The maximum Gasteiger partial charge on any atom is 0.273 e. The highest BCUT2D eigenvalue weighted by Crippen LogP contribution is 2.25. The molecule has 4 saturated heterocycles. The van der Waals surface area contributed by atoms with Crippen LogP contribution < -0.4 is 43.0 Å². The second-order valence-corrected chi connectivity index (χ2v) is 17.5. The first kappa shape index (κ1) is 49.5. The Kier molecular flexibility index (Phi) is 16.1. The predicted octanol–water partition coefficient (Wildman–Crippen LogP) is 2.01. The average Bonchev–Trinajstić information content (AvgIpc) is 3.39. The molecule has 23 heteroatoms. The van der Waals surface area contributed by atoms with Gasteiger partial charge >= 0.3 is 0 Å². The van der Waals surface area contributed by atoms with Crippen molar-refractivity contribution >= 4 is 64.4 Å². The summed E-state index contributed by atoms with van der Waals surface area (Å²) < 4.78 is 10.6. The molecule has 0 aliphatic carbocycles. The number of aryl methyl sites for hydroxylation is 1. The molecule has 5 aromatic rings. The highest BCUT2D eigenvalue weighted by atomic mass is 16.5. The van der Waals surface area contributed by atoms with Crippen molar-refractivity contribution in [2.24, 2.45) is 17.2 Å². The number of rotatable bonds is 12. The lowest BCUT2D eigenvalue weighted by Gasteiger charge is -2.33. The van der Waals surface area contributed by atoms with Crippen LogP contribution in [0.4, 0.5) is 34.9 Å². The number of aromatic nitrogens is 6. The predicted molar refractivity (Wildman–Crippen MR) is 263 cm³/mol. The number of carbonyl (C=O) groups is 5. The van der Waals surface area contributed by atoms with Crippen molar-refractivity contribution in [3.05, 3.63) is 106 Å². The molecule has 5 amide bonds. The zero-order valence-corrected chi connectivity index (χ0v) is 39.5. The van der Waals surface area contributed by atoms with Crippen molar-refractivity contribution in [1.29, 1.82) is 0 Å². The Labute approximate surface area is 409 Å². The van der Waals surface area contributed by atoms with Crippen LogP contribution in [0, 0.1) is 6.92 Å². The molecule has 2 aromatic heterocycles.